The molecule has 6 heteroatoms. The van der Waals surface area contributed by atoms with Crippen LogP contribution in [0.4, 0.5) is 0 Å². The average Bonchev–Trinajstić information content (AvgIpc) is 2.97. The van der Waals surface area contributed by atoms with E-state index in [9.17, 15) is 4.21 Å². The molecule has 0 aromatic carbocycles. The third-order valence-electron chi connectivity index (χ3n) is 3.09. The van der Waals surface area contributed by atoms with E-state index in [1.807, 2.05) is 10.8 Å². The zero-order valence-corrected chi connectivity index (χ0v) is 12.1. The first-order chi connectivity index (χ1) is 8.97. The molecule has 2 aromatic heterocycles. The molecular weight excluding hydrogens is 260 g/mol. The van der Waals surface area contributed by atoms with Crippen molar-refractivity contribution in [1.82, 2.24) is 19.5 Å². The minimum Gasteiger partial charge on any atom is -0.289 e. The first kappa shape index (κ1) is 12.5. The van der Waals surface area contributed by atoms with Gasteiger partial charge in [0, 0.05) is 30.0 Å². The standard InChI is InChI=1S/C13H16N4OS/c1-13(2,3)12-15-9-4-7-19(18)10(9)11(16-12)17-6-5-14-8-17/h5-6,8H,4,7H2,1-3H3. The van der Waals surface area contributed by atoms with Crippen LogP contribution in [-0.4, -0.2) is 29.5 Å². The summed E-state index contributed by atoms with van der Waals surface area (Å²) in [6, 6.07) is 0. The molecule has 1 aliphatic rings. The van der Waals surface area contributed by atoms with Crippen molar-refractivity contribution in [2.24, 2.45) is 0 Å². The number of nitrogens with zero attached hydrogens (tertiary/aromatic N) is 4. The van der Waals surface area contributed by atoms with Gasteiger partial charge in [-0.15, -0.1) is 0 Å². The first-order valence-corrected chi connectivity index (χ1v) is 7.57. The van der Waals surface area contributed by atoms with E-state index in [1.165, 1.54) is 0 Å². The lowest BCUT2D eigenvalue weighted by molar-refractivity contribution is 0.536. The van der Waals surface area contributed by atoms with Gasteiger partial charge in [-0.2, -0.15) is 0 Å². The van der Waals surface area contributed by atoms with Gasteiger partial charge in [0.1, 0.15) is 17.0 Å². The highest BCUT2D eigenvalue weighted by molar-refractivity contribution is 7.85. The van der Waals surface area contributed by atoms with Crippen molar-refractivity contribution < 1.29 is 4.21 Å². The van der Waals surface area contributed by atoms with Gasteiger partial charge in [0.2, 0.25) is 0 Å². The SMILES string of the molecule is CC(C)(C)c1nc2c(c(-n3ccnc3)n1)S(=O)CC2. The largest absolute Gasteiger partial charge is 0.289 e. The molecule has 3 rings (SSSR count). The van der Waals surface area contributed by atoms with E-state index in [1.54, 1.807) is 12.5 Å². The van der Waals surface area contributed by atoms with Crippen LogP contribution >= 0.6 is 0 Å². The molecule has 19 heavy (non-hydrogen) atoms. The van der Waals surface area contributed by atoms with Crippen LogP contribution in [-0.2, 0) is 22.6 Å². The second-order valence-corrected chi connectivity index (χ2v) is 7.17. The van der Waals surface area contributed by atoms with Crippen molar-refractivity contribution >= 4 is 10.8 Å². The van der Waals surface area contributed by atoms with E-state index in [2.05, 4.69) is 35.7 Å². The van der Waals surface area contributed by atoms with Gasteiger partial charge in [-0.1, -0.05) is 20.8 Å². The van der Waals surface area contributed by atoms with Crippen LogP contribution in [0.15, 0.2) is 23.6 Å². The Morgan fingerprint density at radius 2 is 2.11 bits per heavy atom. The van der Waals surface area contributed by atoms with E-state index in [4.69, 9.17) is 0 Å². The Kier molecular flexibility index (Phi) is 2.78. The quantitative estimate of drug-likeness (QED) is 0.794. The maximum absolute atomic E-state index is 12.1. The van der Waals surface area contributed by atoms with E-state index in [0.29, 0.717) is 11.6 Å². The van der Waals surface area contributed by atoms with Crippen molar-refractivity contribution in [2.75, 3.05) is 5.75 Å². The Morgan fingerprint density at radius 1 is 1.32 bits per heavy atom. The number of aromatic nitrogens is 4. The van der Waals surface area contributed by atoms with Gasteiger partial charge in [0.05, 0.1) is 16.5 Å². The summed E-state index contributed by atoms with van der Waals surface area (Å²) in [5, 5.41) is 0. The van der Waals surface area contributed by atoms with Gasteiger partial charge in [-0.25, -0.2) is 15.0 Å². The molecule has 0 bridgehead atoms. The third kappa shape index (κ3) is 2.10. The molecule has 1 aliphatic heterocycles. The molecule has 0 spiro atoms. The highest BCUT2D eigenvalue weighted by Crippen LogP contribution is 2.29. The summed E-state index contributed by atoms with van der Waals surface area (Å²) in [6.45, 7) is 6.25. The molecule has 1 unspecified atom stereocenters. The van der Waals surface area contributed by atoms with Crippen molar-refractivity contribution in [3.05, 3.63) is 30.2 Å². The summed E-state index contributed by atoms with van der Waals surface area (Å²) in [4.78, 5) is 14.0. The minimum absolute atomic E-state index is 0.131. The Morgan fingerprint density at radius 3 is 2.74 bits per heavy atom. The Bertz CT molecular complexity index is 643. The van der Waals surface area contributed by atoms with Gasteiger partial charge in [0.15, 0.2) is 5.82 Å². The second kappa shape index (κ2) is 4.23. The van der Waals surface area contributed by atoms with E-state index in [0.717, 1.165) is 22.8 Å². The van der Waals surface area contributed by atoms with Crippen molar-refractivity contribution in [3.8, 4) is 5.82 Å². The molecule has 1 atom stereocenters. The summed E-state index contributed by atoms with van der Waals surface area (Å²) in [6.07, 6.45) is 5.97. The highest BCUT2D eigenvalue weighted by atomic mass is 32.2. The normalized spacial score (nSPS) is 18.6. The second-order valence-electron chi connectivity index (χ2n) is 5.67. The molecule has 2 aromatic rings. The zero-order valence-electron chi connectivity index (χ0n) is 11.3. The van der Waals surface area contributed by atoms with Gasteiger partial charge in [-0.3, -0.25) is 8.78 Å². The predicted octanol–water partition coefficient (Wildman–Crippen LogP) is 1.62. The molecule has 0 N–H and O–H groups in total. The Hall–Kier alpha value is -1.56. The molecule has 100 valence electrons. The van der Waals surface area contributed by atoms with Crippen molar-refractivity contribution in [1.29, 1.82) is 0 Å². The summed E-state index contributed by atoms with van der Waals surface area (Å²) in [5.74, 6) is 2.14. The molecule has 5 nitrogen and oxygen atoms in total. The molecule has 0 amide bonds. The summed E-state index contributed by atoms with van der Waals surface area (Å²) < 4.78 is 14.0. The van der Waals surface area contributed by atoms with Crippen molar-refractivity contribution in [2.45, 2.75) is 37.5 Å². The fourth-order valence-electron chi connectivity index (χ4n) is 2.07. The zero-order chi connectivity index (χ0) is 13.6. The summed E-state index contributed by atoms with van der Waals surface area (Å²) in [7, 11) is -1.00. The van der Waals surface area contributed by atoms with Gasteiger partial charge >= 0.3 is 0 Å². The lowest BCUT2D eigenvalue weighted by Crippen LogP contribution is -2.19. The molecule has 0 aliphatic carbocycles. The molecule has 0 saturated carbocycles. The highest BCUT2D eigenvalue weighted by Gasteiger charge is 2.29. The van der Waals surface area contributed by atoms with Gasteiger partial charge in [0.25, 0.3) is 0 Å². The third-order valence-corrected chi connectivity index (χ3v) is 4.54. The molecule has 0 saturated heterocycles. The average molecular weight is 276 g/mol. The number of fused-ring (bicyclic) bond motifs is 1. The topological polar surface area (TPSA) is 60.7 Å². The number of aryl methyl sites for hydroxylation is 1. The monoisotopic (exact) mass is 276 g/mol. The Balaban J connectivity index is 2.27. The maximum atomic E-state index is 12.1. The number of hydrogen-bond donors (Lipinski definition) is 0. The minimum atomic E-state index is -1.00. The van der Waals surface area contributed by atoms with Gasteiger partial charge < -0.3 is 0 Å². The van der Waals surface area contributed by atoms with Crippen LogP contribution in [0.1, 0.15) is 32.3 Å². The molecule has 0 radical (unpaired) electrons. The van der Waals surface area contributed by atoms with Crippen LogP contribution in [0.25, 0.3) is 5.82 Å². The van der Waals surface area contributed by atoms with Crippen molar-refractivity contribution in [3.63, 3.8) is 0 Å². The first-order valence-electron chi connectivity index (χ1n) is 6.25. The molecular formula is C13H16N4OS. The van der Waals surface area contributed by atoms with E-state index >= 15 is 0 Å². The molecule has 3 heterocycles. The fourth-order valence-corrected chi connectivity index (χ4v) is 3.42. The number of imidazole rings is 1. The van der Waals surface area contributed by atoms with Crippen LogP contribution in [0.5, 0.6) is 0 Å². The smallest absolute Gasteiger partial charge is 0.158 e. The number of hydrogen-bond acceptors (Lipinski definition) is 4. The Labute approximate surface area is 114 Å². The predicted molar refractivity (Wildman–Crippen MR) is 72.8 cm³/mol. The lowest BCUT2D eigenvalue weighted by atomic mass is 9.95. The maximum Gasteiger partial charge on any atom is 0.158 e. The van der Waals surface area contributed by atoms with Crippen LogP contribution in [0, 0.1) is 0 Å². The van der Waals surface area contributed by atoms with Crippen LogP contribution in [0.3, 0.4) is 0 Å². The van der Waals surface area contributed by atoms with Crippen LogP contribution < -0.4 is 0 Å². The van der Waals surface area contributed by atoms with E-state index in [-0.39, 0.29) is 5.41 Å². The summed E-state index contributed by atoms with van der Waals surface area (Å²) in [5.41, 5.74) is 0.788. The molecule has 0 fully saturated rings. The number of rotatable bonds is 1. The van der Waals surface area contributed by atoms with Crippen LogP contribution in [0.2, 0.25) is 0 Å². The van der Waals surface area contributed by atoms with Gasteiger partial charge in [-0.05, 0) is 0 Å². The summed E-state index contributed by atoms with van der Waals surface area (Å²) >= 11 is 0. The fraction of sp³-hybridized carbons (Fsp3) is 0.462. The lowest BCUT2D eigenvalue weighted by Gasteiger charge is -2.19. The van der Waals surface area contributed by atoms with E-state index < -0.39 is 10.8 Å².